The maximum Gasteiger partial charge on any atom is 0.230 e. The first-order valence-corrected chi connectivity index (χ1v) is 8.16. The van der Waals surface area contributed by atoms with Crippen molar-refractivity contribution < 1.29 is 9.90 Å². The smallest absolute Gasteiger partial charge is 0.230 e. The van der Waals surface area contributed by atoms with Gasteiger partial charge in [0.1, 0.15) is 0 Å². The molecular weight excluding hydrogens is 262 g/mol. The van der Waals surface area contributed by atoms with Crippen LogP contribution >= 0.6 is 0 Å². The number of amides is 1. The first kappa shape index (κ1) is 14.6. The molecule has 2 aliphatic carbocycles. The summed E-state index contributed by atoms with van der Waals surface area (Å²) < 4.78 is 0. The van der Waals surface area contributed by atoms with Gasteiger partial charge in [0.15, 0.2) is 0 Å². The van der Waals surface area contributed by atoms with E-state index >= 15 is 0 Å². The van der Waals surface area contributed by atoms with Crippen molar-refractivity contribution in [2.24, 2.45) is 5.92 Å². The van der Waals surface area contributed by atoms with E-state index in [0.717, 1.165) is 38.5 Å². The van der Waals surface area contributed by atoms with Crippen molar-refractivity contribution in [1.29, 1.82) is 0 Å². The van der Waals surface area contributed by atoms with E-state index in [1.807, 2.05) is 19.1 Å². The lowest BCUT2D eigenvalue weighted by Gasteiger charge is -2.30. The number of carbonyl (C=O) groups excluding carboxylic acids is 1. The van der Waals surface area contributed by atoms with Crippen molar-refractivity contribution in [1.82, 2.24) is 5.32 Å². The molecule has 1 amide bonds. The Kier molecular flexibility index (Phi) is 4.03. The van der Waals surface area contributed by atoms with Crippen LogP contribution in [-0.2, 0) is 16.6 Å². The molecule has 3 heteroatoms. The Labute approximate surface area is 126 Å². The van der Waals surface area contributed by atoms with E-state index < -0.39 is 5.41 Å². The SMILES string of the molecule is CC1(C(=O)NC[C@@H]2CCCC[C@H]2O)CCc2ccccc21. The average molecular weight is 287 g/mol. The zero-order valence-corrected chi connectivity index (χ0v) is 12.8. The normalized spacial score (nSPS) is 31.7. The van der Waals surface area contributed by atoms with E-state index in [2.05, 4.69) is 17.4 Å². The molecule has 0 spiro atoms. The van der Waals surface area contributed by atoms with Gasteiger partial charge in [-0.15, -0.1) is 0 Å². The van der Waals surface area contributed by atoms with E-state index in [4.69, 9.17) is 0 Å². The average Bonchev–Trinajstić information content (AvgIpc) is 2.85. The van der Waals surface area contributed by atoms with E-state index in [0.29, 0.717) is 6.54 Å². The minimum absolute atomic E-state index is 0.116. The summed E-state index contributed by atoms with van der Waals surface area (Å²) in [6, 6.07) is 8.26. The minimum atomic E-state index is -0.407. The summed E-state index contributed by atoms with van der Waals surface area (Å²) in [5.41, 5.74) is 2.07. The molecule has 1 aromatic carbocycles. The highest BCUT2D eigenvalue weighted by Crippen LogP contribution is 2.38. The molecule has 3 nitrogen and oxygen atoms in total. The van der Waals surface area contributed by atoms with Crippen molar-refractivity contribution in [2.45, 2.75) is 57.0 Å². The Morgan fingerprint density at radius 1 is 1.33 bits per heavy atom. The number of aliphatic hydroxyl groups is 1. The predicted octanol–water partition coefficient (Wildman–Crippen LogP) is 2.56. The largest absolute Gasteiger partial charge is 0.393 e. The molecule has 0 aromatic heterocycles. The van der Waals surface area contributed by atoms with Gasteiger partial charge in [0.2, 0.25) is 5.91 Å². The fourth-order valence-corrected chi connectivity index (χ4v) is 3.88. The number of aryl methyl sites for hydroxylation is 1. The number of rotatable bonds is 3. The molecule has 1 fully saturated rings. The lowest BCUT2D eigenvalue weighted by atomic mass is 9.82. The van der Waals surface area contributed by atoms with E-state index in [1.54, 1.807) is 0 Å². The van der Waals surface area contributed by atoms with Crippen molar-refractivity contribution >= 4 is 5.91 Å². The summed E-state index contributed by atoms with van der Waals surface area (Å²) in [5, 5.41) is 13.1. The Morgan fingerprint density at radius 2 is 2.10 bits per heavy atom. The number of benzene rings is 1. The highest BCUT2D eigenvalue weighted by atomic mass is 16.3. The molecule has 2 N–H and O–H groups in total. The molecule has 0 heterocycles. The van der Waals surface area contributed by atoms with Gasteiger partial charge in [-0.2, -0.15) is 0 Å². The summed E-state index contributed by atoms with van der Waals surface area (Å²) >= 11 is 0. The van der Waals surface area contributed by atoms with Crippen LogP contribution in [0.1, 0.15) is 50.2 Å². The standard InChI is InChI=1S/C18H25NO2/c1-18(11-10-13-6-2-4-8-15(13)18)17(21)19-12-14-7-3-5-9-16(14)20/h2,4,6,8,14,16,20H,3,5,7,9-12H2,1H3,(H,19,21)/t14-,16+,18?/m0/s1. The van der Waals surface area contributed by atoms with Gasteiger partial charge in [0.05, 0.1) is 11.5 Å². The molecule has 1 saturated carbocycles. The third-order valence-corrected chi connectivity index (χ3v) is 5.40. The van der Waals surface area contributed by atoms with Crippen LogP contribution in [-0.4, -0.2) is 23.7 Å². The van der Waals surface area contributed by atoms with Crippen LogP contribution in [0.3, 0.4) is 0 Å². The van der Waals surface area contributed by atoms with Crippen molar-refractivity contribution in [3.05, 3.63) is 35.4 Å². The highest BCUT2D eigenvalue weighted by molar-refractivity contribution is 5.89. The van der Waals surface area contributed by atoms with Crippen molar-refractivity contribution in [3.63, 3.8) is 0 Å². The molecule has 1 aromatic rings. The molecule has 1 unspecified atom stereocenters. The summed E-state index contributed by atoms with van der Waals surface area (Å²) in [4.78, 5) is 12.7. The lowest BCUT2D eigenvalue weighted by molar-refractivity contribution is -0.126. The molecule has 0 aliphatic heterocycles. The van der Waals surface area contributed by atoms with E-state index in [9.17, 15) is 9.90 Å². The van der Waals surface area contributed by atoms with Crippen LogP contribution in [0, 0.1) is 5.92 Å². The van der Waals surface area contributed by atoms with Gasteiger partial charge in [-0.25, -0.2) is 0 Å². The van der Waals surface area contributed by atoms with Crippen LogP contribution in [0.15, 0.2) is 24.3 Å². The van der Waals surface area contributed by atoms with Crippen LogP contribution in [0.2, 0.25) is 0 Å². The van der Waals surface area contributed by atoms with Gasteiger partial charge in [-0.1, -0.05) is 37.1 Å². The number of fused-ring (bicyclic) bond motifs is 1. The third-order valence-electron chi connectivity index (χ3n) is 5.40. The molecule has 0 saturated heterocycles. The fraction of sp³-hybridized carbons (Fsp3) is 0.611. The van der Waals surface area contributed by atoms with Gasteiger partial charge in [-0.05, 0) is 43.7 Å². The Balaban J connectivity index is 1.66. The maximum absolute atomic E-state index is 12.7. The topological polar surface area (TPSA) is 49.3 Å². The monoisotopic (exact) mass is 287 g/mol. The van der Waals surface area contributed by atoms with Gasteiger partial charge >= 0.3 is 0 Å². The summed E-state index contributed by atoms with van der Waals surface area (Å²) in [5.74, 6) is 0.341. The zero-order chi connectivity index (χ0) is 14.9. The van der Waals surface area contributed by atoms with Crippen LogP contribution in [0.5, 0.6) is 0 Å². The molecule has 0 bridgehead atoms. The zero-order valence-electron chi connectivity index (χ0n) is 12.8. The second-order valence-electron chi connectivity index (χ2n) is 6.81. The van der Waals surface area contributed by atoms with Gasteiger partial charge in [0, 0.05) is 12.5 Å². The van der Waals surface area contributed by atoms with Crippen LogP contribution in [0.25, 0.3) is 0 Å². The molecule has 2 aliphatic rings. The van der Waals surface area contributed by atoms with E-state index in [1.165, 1.54) is 11.1 Å². The van der Waals surface area contributed by atoms with Crippen LogP contribution in [0.4, 0.5) is 0 Å². The first-order chi connectivity index (χ1) is 10.1. The van der Waals surface area contributed by atoms with Crippen molar-refractivity contribution in [2.75, 3.05) is 6.54 Å². The summed E-state index contributed by atoms with van der Waals surface area (Å²) in [6.45, 7) is 2.66. The first-order valence-electron chi connectivity index (χ1n) is 8.16. The predicted molar refractivity (Wildman–Crippen MR) is 83.1 cm³/mol. The molecular formula is C18H25NO2. The van der Waals surface area contributed by atoms with Gasteiger partial charge in [0.25, 0.3) is 0 Å². The van der Waals surface area contributed by atoms with E-state index in [-0.39, 0.29) is 17.9 Å². The molecule has 114 valence electrons. The van der Waals surface area contributed by atoms with Crippen molar-refractivity contribution in [3.8, 4) is 0 Å². The molecule has 0 radical (unpaired) electrons. The third kappa shape index (κ3) is 2.71. The summed E-state index contributed by atoms with van der Waals surface area (Å²) in [7, 11) is 0. The quantitative estimate of drug-likeness (QED) is 0.897. The summed E-state index contributed by atoms with van der Waals surface area (Å²) in [6.07, 6.45) is 5.78. The molecule has 3 atom stereocenters. The number of aliphatic hydroxyl groups excluding tert-OH is 1. The number of nitrogens with one attached hydrogen (secondary N) is 1. The highest BCUT2D eigenvalue weighted by Gasteiger charge is 2.40. The van der Waals surface area contributed by atoms with Gasteiger partial charge in [-0.3, -0.25) is 4.79 Å². The molecule has 3 rings (SSSR count). The second-order valence-corrected chi connectivity index (χ2v) is 6.81. The lowest BCUT2D eigenvalue weighted by Crippen LogP contribution is -2.44. The minimum Gasteiger partial charge on any atom is -0.393 e. The number of hydrogen-bond acceptors (Lipinski definition) is 2. The Bertz CT molecular complexity index is 528. The molecule has 21 heavy (non-hydrogen) atoms. The van der Waals surface area contributed by atoms with Gasteiger partial charge < -0.3 is 10.4 Å². The number of carbonyl (C=O) groups is 1. The fourth-order valence-electron chi connectivity index (χ4n) is 3.88. The Hall–Kier alpha value is -1.35. The number of hydrogen-bond donors (Lipinski definition) is 2. The Morgan fingerprint density at radius 3 is 2.90 bits per heavy atom. The van der Waals surface area contributed by atoms with Crippen LogP contribution < -0.4 is 5.32 Å². The maximum atomic E-state index is 12.7. The second kappa shape index (κ2) is 5.80.